The first-order chi connectivity index (χ1) is 56.0. The molecule has 0 aliphatic heterocycles. The molecule has 0 bridgehead atoms. The lowest BCUT2D eigenvalue weighted by atomic mass is 9.76. The second-order valence-corrected chi connectivity index (χ2v) is 28.6. The monoisotopic (exact) mass is 1700 g/mol. The number of hydrazine groups is 1. The molecule has 0 spiro atoms. The number of nitrogens with one attached hydrogen (secondary N) is 3. The van der Waals surface area contributed by atoms with Gasteiger partial charge < -0.3 is 74.0 Å². The number of aliphatic hydroxyl groups is 1. The van der Waals surface area contributed by atoms with Gasteiger partial charge in [0.25, 0.3) is 11.8 Å². The van der Waals surface area contributed by atoms with Crippen molar-refractivity contribution in [3.05, 3.63) is 137 Å². The van der Waals surface area contributed by atoms with Gasteiger partial charge in [0.2, 0.25) is 5.91 Å². The van der Waals surface area contributed by atoms with Crippen molar-refractivity contribution in [1.29, 1.82) is 0 Å². The largest absolute Gasteiger partial charge is 0.481 e. The van der Waals surface area contributed by atoms with Crippen molar-refractivity contribution >= 4 is 102 Å². The van der Waals surface area contributed by atoms with Gasteiger partial charge in [-0.3, -0.25) is 63.0 Å². The molecule has 3 amide bonds. The molecule has 8 aliphatic carbocycles. The summed E-state index contributed by atoms with van der Waals surface area (Å²) < 4.78 is 39.1. The molecule has 0 atom stereocenters. The van der Waals surface area contributed by atoms with E-state index in [0.717, 1.165) is 48.3 Å². The number of ether oxygens (including phenoxy) is 5. The number of aliphatic carboxylic acids is 2. The quantitative estimate of drug-likeness (QED) is 0.00446. The van der Waals surface area contributed by atoms with Gasteiger partial charge in [-0.2, -0.15) is 0 Å². The second-order valence-electron chi connectivity index (χ2n) is 28.6. The highest BCUT2D eigenvalue weighted by Crippen LogP contribution is 2.35. The van der Waals surface area contributed by atoms with Crippen molar-refractivity contribution in [2.75, 3.05) is 33.0 Å². The molecule has 3 aromatic carbocycles. The van der Waals surface area contributed by atoms with E-state index in [4.69, 9.17) is 74.8 Å². The number of Topliss-reactive ketones (excluding diaryl/α,β-unsaturated/α-hetero) is 2. The number of amides is 3. The van der Waals surface area contributed by atoms with E-state index in [1.165, 1.54) is 6.07 Å². The number of benzene rings is 3. The third-order valence-corrected chi connectivity index (χ3v) is 19.5. The average Bonchev–Trinajstić information content (AvgIpc) is 1.26. The minimum absolute atomic E-state index is 0. The van der Waals surface area contributed by atoms with Gasteiger partial charge >= 0.3 is 47.8 Å². The highest BCUT2D eigenvalue weighted by Gasteiger charge is 2.40. The zero-order valence-corrected chi connectivity index (χ0v) is 68.5. The van der Waals surface area contributed by atoms with E-state index in [1.807, 2.05) is 105 Å². The highest BCUT2D eigenvalue weighted by atomic mass is 35.5. The van der Waals surface area contributed by atoms with Crippen molar-refractivity contribution in [1.82, 2.24) is 31.5 Å². The van der Waals surface area contributed by atoms with Crippen LogP contribution < -0.4 is 27.6 Å². The minimum atomic E-state index is -1.09. The summed E-state index contributed by atoms with van der Waals surface area (Å²) >= 11 is 0. The molecule has 0 unspecified atom stereocenters. The molecule has 3 aromatic heterocycles. The predicted molar refractivity (Wildman–Crippen MR) is 428 cm³/mol. The van der Waals surface area contributed by atoms with Crippen LogP contribution in [0.2, 0.25) is 0 Å². The summed E-state index contributed by atoms with van der Waals surface area (Å²) in [6.07, 6.45) is 9.20. The van der Waals surface area contributed by atoms with Crippen LogP contribution >= 0.6 is 24.8 Å². The van der Waals surface area contributed by atoms with Gasteiger partial charge in [-0.15, -0.1) is 24.8 Å². The van der Waals surface area contributed by atoms with Crippen molar-refractivity contribution in [2.45, 2.75) is 175 Å². The van der Waals surface area contributed by atoms with Crippen LogP contribution in [0.4, 0.5) is 0 Å². The summed E-state index contributed by atoms with van der Waals surface area (Å²) in [6.45, 7) is 13.4. The Morgan fingerprint density at radius 3 is 1.08 bits per heavy atom. The van der Waals surface area contributed by atoms with Crippen LogP contribution in [0.5, 0.6) is 0 Å². The van der Waals surface area contributed by atoms with Crippen molar-refractivity contribution < 1.29 is 120 Å². The number of esters is 5. The standard InChI is InChI=1S/C15H16N4O3.C15H14N2O4.C10H7NO3.C8H14O2.C7H11N3O2.C7H13NO2.C7H12O3.C7H10O3.C5H6O3.2ClH/c16-18-14(20)10-6-11(7-10)17-15(21)12-8-13(22-19-12)9-4-2-1-3-5-9;18-14(16-11-6-10(7-11)15(19)20)12-8-13(21-17-12)9-4-2-1-3-5-9;12-10(13)8-6-9(14-11-8)7-4-2-1-3-5-7;1-3-10-8(9)7-4-6(2)5-7;1-2-12-7(11)5-3-6(4-5)9-10-8;3*1-2-10-7(9)5-3-6(8)4-5;6-4-1-3(2-4)5(7)8;;/h1-5,8,10-11H,6-7,16H2,(H,17,21)(H,18,20);1-5,8,10-11H,6-7H2,(H,16,18)(H,19,20);1-6H,(H,12,13);6-7H,3-5H2,1-2H3;5-6H,2-4H2,1H3;5-6H,2-4,8H2,1H3;5-6,8H,2-4H2,1H3;5H,2-4H2,1H3;3H,1-2H2,(H,7,8);2*1H. The van der Waals surface area contributed by atoms with E-state index in [0.29, 0.717) is 115 Å². The first kappa shape index (κ1) is 99.9. The smallest absolute Gasteiger partial charge is 0.358 e. The molecule has 11 N–H and O–H groups in total. The summed E-state index contributed by atoms with van der Waals surface area (Å²) in [5.74, 6) is 2.60. The Hall–Kier alpha value is -11.4. The fourth-order valence-electron chi connectivity index (χ4n) is 12.2. The van der Waals surface area contributed by atoms with E-state index in [-0.39, 0.29) is 191 Å². The molecule has 8 fully saturated rings. The van der Waals surface area contributed by atoms with Crippen LogP contribution in [0, 0.1) is 53.3 Å². The molecule has 38 heteroatoms. The summed E-state index contributed by atoms with van der Waals surface area (Å²) in [5.41, 5.74) is 18.5. The zero-order valence-electron chi connectivity index (χ0n) is 66.8. The van der Waals surface area contributed by atoms with Gasteiger partial charge in [0, 0.05) is 95.6 Å². The van der Waals surface area contributed by atoms with Crippen molar-refractivity contribution in [2.24, 2.45) is 70.0 Å². The molecule has 0 radical (unpaired) electrons. The lowest BCUT2D eigenvalue weighted by Gasteiger charge is -2.33. The third kappa shape index (κ3) is 33.1. The average molecular weight is 1700 g/mol. The number of hydrogen-bond donors (Lipinski definition) is 9. The number of aromatic carboxylic acids is 1. The number of aliphatic hydroxyl groups excluding tert-OH is 1. The van der Waals surface area contributed by atoms with E-state index in [1.54, 1.807) is 32.9 Å². The van der Waals surface area contributed by atoms with Crippen molar-refractivity contribution in [3.8, 4) is 34.0 Å². The Morgan fingerprint density at radius 1 is 0.462 bits per heavy atom. The molecule has 0 saturated heterocycles. The normalized spacial score (nSPS) is 21.9. The number of rotatable bonds is 22. The molecule has 3 heterocycles. The van der Waals surface area contributed by atoms with E-state index in [9.17, 15) is 62.3 Å². The Labute approximate surface area is 698 Å². The number of carbonyl (C=O) groups excluding carboxylic acids is 10. The van der Waals surface area contributed by atoms with Gasteiger partial charge in [0.15, 0.2) is 34.4 Å². The van der Waals surface area contributed by atoms with Gasteiger partial charge in [-0.1, -0.05) is 119 Å². The van der Waals surface area contributed by atoms with E-state index < -0.39 is 17.9 Å². The third-order valence-electron chi connectivity index (χ3n) is 19.5. The van der Waals surface area contributed by atoms with Gasteiger partial charge in [0.1, 0.15) is 11.6 Å². The van der Waals surface area contributed by atoms with Crippen molar-refractivity contribution in [3.63, 3.8) is 0 Å². The Balaban J connectivity index is 0.000000287. The molecular weight excluding hydrogens is 1600 g/mol. The van der Waals surface area contributed by atoms with Crippen LogP contribution in [0.15, 0.2) is 128 Å². The molecule has 648 valence electrons. The summed E-state index contributed by atoms with van der Waals surface area (Å²) in [5, 5.41) is 54.5. The number of nitrogens with zero attached hydrogens (tertiary/aromatic N) is 6. The Morgan fingerprint density at radius 2 is 0.782 bits per heavy atom. The summed E-state index contributed by atoms with van der Waals surface area (Å²) in [6, 6.07) is 32.7. The minimum Gasteiger partial charge on any atom is -0.481 e. The maximum atomic E-state index is 12.1. The Bertz CT molecular complexity index is 4210. The van der Waals surface area contributed by atoms with Gasteiger partial charge in [0.05, 0.1) is 80.6 Å². The lowest BCUT2D eigenvalue weighted by molar-refractivity contribution is -0.155. The molecule has 36 nitrogen and oxygen atoms in total. The molecule has 8 aliphatic rings. The molecular formula is C81H105Cl2N11O25. The van der Waals surface area contributed by atoms with Gasteiger partial charge in [-0.05, 0) is 123 Å². The number of hydrogen-bond acceptors (Lipinski definition) is 28. The molecule has 8 saturated carbocycles. The number of nitrogens with two attached hydrogens (primary N) is 2. The summed E-state index contributed by atoms with van der Waals surface area (Å²) in [7, 11) is 0. The van der Waals surface area contributed by atoms with Crippen LogP contribution in [0.1, 0.15) is 176 Å². The maximum absolute atomic E-state index is 12.1. The molecule has 119 heavy (non-hydrogen) atoms. The van der Waals surface area contributed by atoms with E-state index in [2.05, 4.69) is 48.5 Å². The first-order valence-electron chi connectivity index (χ1n) is 38.7. The number of carbonyl (C=O) groups is 13. The van der Waals surface area contributed by atoms with Gasteiger partial charge in [-0.25, -0.2) is 10.6 Å². The van der Waals surface area contributed by atoms with Crippen LogP contribution in [0.3, 0.4) is 0 Å². The fourth-order valence-corrected chi connectivity index (χ4v) is 12.2. The van der Waals surface area contributed by atoms with Crippen LogP contribution in [0.25, 0.3) is 44.4 Å². The number of ketones is 2. The zero-order chi connectivity index (χ0) is 85.7. The SMILES string of the molecule is CCOC(=O)C1CC(=O)C1.CCOC(=O)C1CC(C)C1.CCOC(=O)C1CC(N)C1.CCOC(=O)C1CC(N=[N+]=[N-])C1.CCOC(=O)C1CC(O)C1.Cl.Cl.NNC(=O)C1CC(NC(=O)c2cc(-c3ccccc3)on2)C1.O=C(NC1CC(C(=O)O)C1)c1cc(-c2ccccc2)on1.O=C(O)c1cc(-c2ccccc2)on1.O=C1CC(C(=O)O)C1. The molecule has 14 rings (SSSR count). The summed E-state index contributed by atoms with van der Waals surface area (Å²) in [4.78, 5) is 144. The fraction of sp³-hybridized carbons (Fsp3) is 0.506. The second kappa shape index (κ2) is 51.7. The first-order valence-corrected chi connectivity index (χ1v) is 38.7. The number of carboxylic acids is 3. The highest BCUT2D eigenvalue weighted by molar-refractivity contribution is 5.96. The molecule has 6 aromatic rings. The predicted octanol–water partition coefficient (Wildman–Crippen LogP) is 10.1. The number of carboxylic acid groups (broad SMARTS) is 3. The Kier molecular flexibility index (Phi) is 43.4. The lowest BCUT2D eigenvalue weighted by Crippen LogP contribution is -2.50. The number of halogens is 2. The topological polar surface area (TPSA) is 564 Å². The number of azide groups is 1. The maximum Gasteiger partial charge on any atom is 0.358 e. The van der Waals surface area contributed by atoms with Crippen LogP contribution in [-0.4, -0.2) is 176 Å². The van der Waals surface area contributed by atoms with E-state index >= 15 is 0 Å². The van der Waals surface area contributed by atoms with Crippen LogP contribution in [-0.2, 0) is 71.6 Å². The number of aromatic nitrogens is 3.